The lowest BCUT2D eigenvalue weighted by molar-refractivity contribution is 0.423. The van der Waals surface area contributed by atoms with Crippen molar-refractivity contribution in [3.05, 3.63) is 58.4 Å². The van der Waals surface area contributed by atoms with Gasteiger partial charge in [-0.3, -0.25) is 0 Å². The molecule has 0 unspecified atom stereocenters. The van der Waals surface area contributed by atoms with Gasteiger partial charge in [0, 0.05) is 0 Å². The smallest absolute Gasteiger partial charge is 0.342 e. The maximum Gasteiger partial charge on any atom is 0.342 e. The molecule has 7 heteroatoms. The molecule has 2 rings (SSSR count). The molecule has 0 radical (unpaired) electrons. The normalized spacial score (nSPS) is 11.5. The Morgan fingerprint density at radius 3 is 2.09 bits per heavy atom. The quantitative estimate of drug-likeness (QED) is 0.635. The summed E-state index contributed by atoms with van der Waals surface area (Å²) in [5.74, 6) is -5.09. The number of benzene rings is 2. The van der Waals surface area contributed by atoms with Crippen molar-refractivity contribution in [3.8, 4) is 5.75 Å². The van der Waals surface area contributed by atoms with Crippen LogP contribution in [-0.4, -0.2) is 8.42 Å². The molecule has 0 aliphatic rings. The minimum atomic E-state index is -4.63. The maximum absolute atomic E-state index is 13.7. The van der Waals surface area contributed by atoms with Crippen molar-refractivity contribution in [1.82, 2.24) is 0 Å². The Kier molecular flexibility index (Phi) is 4.19. The van der Waals surface area contributed by atoms with Crippen LogP contribution in [0.3, 0.4) is 0 Å². The average Bonchev–Trinajstić information content (AvgIpc) is 2.45. The molecule has 0 bridgehead atoms. The molecule has 0 amide bonds. The lowest BCUT2D eigenvalue weighted by Crippen LogP contribution is -2.14. The molecule has 0 saturated heterocycles. The molecule has 2 aromatic carbocycles. The summed E-state index contributed by atoms with van der Waals surface area (Å²) in [6.07, 6.45) is 0. The van der Waals surface area contributed by atoms with Gasteiger partial charge in [-0.25, -0.2) is 13.2 Å². The van der Waals surface area contributed by atoms with Crippen LogP contribution in [0.1, 0.15) is 16.7 Å². The van der Waals surface area contributed by atoms with E-state index in [0.29, 0.717) is 23.3 Å². The fourth-order valence-corrected chi connectivity index (χ4v) is 3.02. The SMILES string of the molecule is Cc1ccc(C)c(OS(=O)(=O)c2ccc(F)c(F)c2F)c1C. The van der Waals surface area contributed by atoms with Crippen molar-refractivity contribution in [1.29, 1.82) is 0 Å². The summed E-state index contributed by atoms with van der Waals surface area (Å²) in [6, 6.07) is 4.59. The highest BCUT2D eigenvalue weighted by Gasteiger charge is 2.27. The van der Waals surface area contributed by atoms with E-state index in [2.05, 4.69) is 0 Å². The Morgan fingerprint density at radius 2 is 1.45 bits per heavy atom. The molecule has 0 fully saturated rings. The summed E-state index contributed by atoms with van der Waals surface area (Å²) < 4.78 is 69.0. The van der Waals surface area contributed by atoms with Gasteiger partial charge in [0.1, 0.15) is 10.6 Å². The Hall–Kier alpha value is -2.02. The van der Waals surface area contributed by atoms with Crippen LogP contribution in [0.4, 0.5) is 13.2 Å². The molecular weight excluding hydrogens is 317 g/mol. The lowest BCUT2D eigenvalue weighted by Gasteiger charge is -2.14. The molecule has 0 spiro atoms. The van der Waals surface area contributed by atoms with E-state index in [1.807, 2.05) is 0 Å². The standard InChI is InChI=1S/C15H13F3O3S/c1-8-4-5-9(2)15(10(8)3)21-22(19,20)12-7-6-11(16)13(17)14(12)18/h4-7H,1-3H3. The third-order valence-electron chi connectivity index (χ3n) is 3.34. The molecule has 0 aliphatic carbocycles. The highest BCUT2D eigenvalue weighted by molar-refractivity contribution is 7.87. The minimum Gasteiger partial charge on any atom is -0.378 e. The summed E-state index contributed by atoms with van der Waals surface area (Å²) in [4.78, 5) is -1.05. The first-order valence-corrected chi connectivity index (χ1v) is 7.70. The predicted molar refractivity (Wildman–Crippen MR) is 74.8 cm³/mol. The van der Waals surface area contributed by atoms with Crippen molar-refractivity contribution in [2.24, 2.45) is 0 Å². The van der Waals surface area contributed by atoms with Crippen molar-refractivity contribution in [3.63, 3.8) is 0 Å². The molecule has 0 saturated carbocycles. The van der Waals surface area contributed by atoms with Gasteiger partial charge in [0.2, 0.25) is 0 Å². The lowest BCUT2D eigenvalue weighted by atomic mass is 10.1. The van der Waals surface area contributed by atoms with Crippen LogP contribution in [0.5, 0.6) is 5.75 Å². The van der Waals surface area contributed by atoms with Gasteiger partial charge in [0.25, 0.3) is 0 Å². The van der Waals surface area contributed by atoms with Gasteiger partial charge in [0.05, 0.1) is 0 Å². The third-order valence-corrected chi connectivity index (χ3v) is 4.58. The van der Waals surface area contributed by atoms with E-state index < -0.39 is 32.5 Å². The Labute approximate surface area is 126 Å². The molecule has 22 heavy (non-hydrogen) atoms. The van der Waals surface area contributed by atoms with Crippen LogP contribution < -0.4 is 4.18 Å². The van der Waals surface area contributed by atoms with Crippen molar-refractivity contribution >= 4 is 10.1 Å². The molecule has 0 atom stereocenters. The summed E-state index contributed by atoms with van der Waals surface area (Å²) in [6.45, 7) is 5.03. The number of aryl methyl sites for hydroxylation is 2. The topological polar surface area (TPSA) is 43.4 Å². The zero-order valence-electron chi connectivity index (χ0n) is 12.1. The fourth-order valence-electron chi connectivity index (χ4n) is 1.91. The molecule has 3 nitrogen and oxygen atoms in total. The second-order valence-electron chi connectivity index (χ2n) is 4.86. The Balaban J connectivity index is 2.55. The van der Waals surface area contributed by atoms with Crippen LogP contribution in [0.15, 0.2) is 29.2 Å². The first-order valence-electron chi connectivity index (χ1n) is 6.30. The highest BCUT2D eigenvalue weighted by Crippen LogP contribution is 2.30. The fraction of sp³-hybridized carbons (Fsp3) is 0.200. The van der Waals surface area contributed by atoms with Crippen LogP contribution in [0, 0.1) is 38.2 Å². The number of halogens is 3. The predicted octanol–water partition coefficient (Wildman–Crippen LogP) is 3.80. The van der Waals surface area contributed by atoms with Gasteiger partial charge in [-0.15, -0.1) is 0 Å². The third kappa shape index (κ3) is 2.81. The zero-order valence-corrected chi connectivity index (χ0v) is 12.9. The number of hydrogen-bond donors (Lipinski definition) is 0. The van der Waals surface area contributed by atoms with Crippen LogP contribution in [0.2, 0.25) is 0 Å². The maximum atomic E-state index is 13.7. The van der Waals surface area contributed by atoms with E-state index >= 15 is 0 Å². The molecular formula is C15H13F3O3S. The van der Waals surface area contributed by atoms with Crippen molar-refractivity contribution in [2.75, 3.05) is 0 Å². The Morgan fingerprint density at radius 1 is 0.864 bits per heavy atom. The summed E-state index contributed by atoms with van der Waals surface area (Å²) in [7, 11) is -4.63. The Bertz CT molecular complexity index is 846. The summed E-state index contributed by atoms with van der Waals surface area (Å²) in [5.41, 5.74) is 1.86. The van der Waals surface area contributed by atoms with E-state index in [-0.39, 0.29) is 5.75 Å². The molecule has 0 heterocycles. The molecule has 118 valence electrons. The van der Waals surface area contributed by atoms with E-state index in [1.165, 1.54) is 0 Å². The van der Waals surface area contributed by atoms with Crippen LogP contribution in [-0.2, 0) is 10.1 Å². The van der Waals surface area contributed by atoms with E-state index in [1.54, 1.807) is 32.9 Å². The largest absolute Gasteiger partial charge is 0.378 e. The van der Waals surface area contributed by atoms with Gasteiger partial charge >= 0.3 is 10.1 Å². The average molecular weight is 330 g/mol. The van der Waals surface area contributed by atoms with Crippen molar-refractivity contribution in [2.45, 2.75) is 25.7 Å². The van der Waals surface area contributed by atoms with E-state index in [4.69, 9.17) is 4.18 Å². The molecule has 2 aromatic rings. The second kappa shape index (κ2) is 5.64. The number of rotatable bonds is 3. The minimum absolute atomic E-state index is 0.0455. The van der Waals surface area contributed by atoms with E-state index in [0.717, 1.165) is 5.56 Å². The van der Waals surface area contributed by atoms with Crippen LogP contribution in [0.25, 0.3) is 0 Å². The first-order chi connectivity index (χ1) is 10.1. The molecule has 0 N–H and O–H groups in total. The van der Waals surface area contributed by atoms with Crippen molar-refractivity contribution < 1.29 is 25.8 Å². The molecule has 0 aromatic heterocycles. The van der Waals surface area contributed by atoms with E-state index in [9.17, 15) is 21.6 Å². The highest BCUT2D eigenvalue weighted by atomic mass is 32.2. The van der Waals surface area contributed by atoms with Gasteiger partial charge in [-0.1, -0.05) is 12.1 Å². The monoisotopic (exact) mass is 330 g/mol. The van der Waals surface area contributed by atoms with Crippen LogP contribution >= 0.6 is 0 Å². The number of hydrogen-bond acceptors (Lipinski definition) is 3. The van der Waals surface area contributed by atoms with Gasteiger partial charge < -0.3 is 4.18 Å². The second-order valence-corrected chi connectivity index (χ2v) is 6.38. The van der Waals surface area contributed by atoms with Gasteiger partial charge in [0.15, 0.2) is 17.5 Å². The summed E-state index contributed by atoms with van der Waals surface area (Å²) >= 11 is 0. The van der Waals surface area contributed by atoms with Gasteiger partial charge in [-0.2, -0.15) is 8.42 Å². The zero-order chi connectivity index (χ0) is 16.7. The summed E-state index contributed by atoms with van der Waals surface area (Å²) in [5, 5.41) is 0. The van der Waals surface area contributed by atoms with Gasteiger partial charge in [-0.05, 0) is 49.6 Å². The molecule has 0 aliphatic heterocycles. The first kappa shape index (κ1) is 16.4.